The summed E-state index contributed by atoms with van der Waals surface area (Å²) in [7, 11) is 0. The summed E-state index contributed by atoms with van der Waals surface area (Å²) in [5.74, 6) is -0.203. The van der Waals surface area contributed by atoms with Crippen LogP contribution in [0.25, 0.3) is 0 Å². The Hall–Kier alpha value is -1.31. The monoisotopic (exact) mass is 220 g/mol. The Balaban J connectivity index is 2.60. The van der Waals surface area contributed by atoms with Crippen LogP contribution in [0.15, 0.2) is 30.3 Å². The van der Waals surface area contributed by atoms with Gasteiger partial charge in [-0.25, -0.2) is 0 Å². The first-order valence-corrected chi connectivity index (χ1v) is 5.96. The van der Waals surface area contributed by atoms with Crippen molar-refractivity contribution in [2.24, 2.45) is 0 Å². The van der Waals surface area contributed by atoms with Crippen molar-refractivity contribution in [2.45, 2.75) is 45.6 Å². The third-order valence-electron chi connectivity index (χ3n) is 2.55. The van der Waals surface area contributed by atoms with Crippen molar-refractivity contribution < 1.29 is 9.53 Å². The van der Waals surface area contributed by atoms with E-state index in [2.05, 4.69) is 6.92 Å². The molecule has 0 aliphatic carbocycles. The normalized spacial score (nSPS) is 12.1. The van der Waals surface area contributed by atoms with Gasteiger partial charge in [0.15, 0.2) is 0 Å². The van der Waals surface area contributed by atoms with Gasteiger partial charge in [0.05, 0.1) is 0 Å². The SMILES string of the molecule is CCCCC[C@H](OC(C)=O)c1ccccc1. The second kappa shape index (κ2) is 7.04. The Kier molecular flexibility index (Phi) is 5.62. The number of unbranched alkanes of at least 4 members (excludes halogenated alkanes) is 2. The van der Waals surface area contributed by atoms with Crippen molar-refractivity contribution in [3.63, 3.8) is 0 Å². The molecule has 1 aromatic rings. The number of esters is 1. The Morgan fingerprint density at radius 1 is 1.25 bits per heavy atom. The van der Waals surface area contributed by atoms with Gasteiger partial charge in [0.1, 0.15) is 6.10 Å². The number of carbonyl (C=O) groups excluding carboxylic acids is 1. The van der Waals surface area contributed by atoms with E-state index in [1.54, 1.807) is 0 Å². The Labute approximate surface area is 97.6 Å². The quantitative estimate of drug-likeness (QED) is 0.537. The van der Waals surface area contributed by atoms with E-state index in [4.69, 9.17) is 4.74 Å². The number of hydrogen-bond donors (Lipinski definition) is 0. The molecule has 0 amide bonds. The lowest BCUT2D eigenvalue weighted by Gasteiger charge is -2.17. The van der Waals surface area contributed by atoms with E-state index in [0.29, 0.717) is 0 Å². The molecule has 0 saturated heterocycles. The van der Waals surface area contributed by atoms with Gasteiger partial charge < -0.3 is 4.74 Å². The minimum absolute atomic E-state index is 0.0785. The maximum atomic E-state index is 11.0. The molecule has 2 nitrogen and oxygen atoms in total. The van der Waals surface area contributed by atoms with Crippen molar-refractivity contribution in [1.29, 1.82) is 0 Å². The van der Waals surface area contributed by atoms with E-state index in [0.717, 1.165) is 18.4 Å². The molecule has 0 aromatic heterocycles. The summed E-state index contributed by atoms with van der Waals surface area (Å²) in [5.41, 5.74) is 1.09. The minimum atomic E-state index is -0.203. The third-order valence-corrected chi connectivity index (χ3v) is 2.55. The summed E-state index contributed by atoms with van der Waals surface area (Å²) in [6.07, 6.45) is 4.30. The summed E-state index contributed by atoms with van der Waals surface area (Å²) in [5, 5.41) is 0. The Morgan fingerprint density at radius 2 is 1.94 bits per heavy atom. The fourth-order valence-electron chi connectivity index (χ4n) is 1.74. The van der Waals surface area contributed by atoms with E-state index in [1.807, 2.05) is 30.3 Å². The van der Waals surface area contributed by atoms with Gasteiger partial charge in [0, 0.05) is 6.92 Å². The highest BCUT2D eigenvalue weighted by Crippen LogP contribution is 2.23. The zero-order chi connectivity index (χ0) is 11.8. The maximum Gasteiger partial charge on any atom is 0.303 e. The highest BCUT2D eigenvalue weighted by atomic mass is 16.5. The molecule has 0 aliphatic heterocycles. The molecule has 0 bridgehead atoms. The van der Waals surface area contributed by atoms with E-state index < -0.39 is 0 Å². The van der Waals surface area contributed by atoms with Gasteiger partial charge in [-0.3, -0.25) is 4.79 Å². The molecule has 0 unspecified atom stereocenters. The fraction of sp³-hybridized carbons (Fsp3) is 0.500. The molecule has 1 rings (SSSR count). The van der Waals surface area contributed by atoms with Gasteiger partial charge in [-0.2, -0.15) is 0 Å². The van der Waals surface area contributed by atoms with Crippen LogP contribution in [0, 0.1) is 0 Å². The number of benzene rings is 1. The van der Waals surface area contributed by atoms with Crippen LogP contribution in [-0.2, 0) is 9.53 Å². The van der Waals surface area contributed by atoms with Gasteiger partial charge in [-0.1, -0.05) is 50.1 Å². The standard InChI is InChI=1S/C14H20O2/c1-3-4-6-11-14(16-12(2)15)13-9-7-5-8-10-13/h5,7-10,14H,3-4,6,11H2,1-2H3/t14-/m0/s1. The number of ether oxygens (including phenoxy) is 1. The molecule has 1 atom stereocenters. The van der Waals surface area contributed by atoms with Crippen molar-refractivity contribution in [2.75, 3.05) is 0 Å². The molecule has 0 N–H and O–H groups in total. The lowest BCUT2D eigenvalue weighted by molar-refractivity contribution is -0.147. The second-order valence-corrected chi connectivity index (χ2v) is 4.00. The summed E-state index contributed by atoms with van der Waals surface area (Å²) >= 11 is 0. The molecular weight excluding hydrogens is 200 g/mol. The Morgan fingerprint density at radius 3 is 2.50 bits per heavy atom. The number of hydrogen-bond acceptors (Lipinski definition) is 2. The molecule has 88 valence electrons. The van der Waals surface area contributed by atoms with Crippen LogP contribution < -0.4 is 0 Å². The molecule has 16 heavy (non-hydrogen) atoms. The predicted octanol–water partition coefficient (Wildman–Crippen LogP) is 3.87. The zero-order valence-corrected chi connectivity index (χ0v) is 10.1. The first kappa shape index (κ1) is 12.8. The van der Waals surface area contributed by atoms with Crippen LogP contribution in [-0.4, -0.2) is 5.97 Å². The second-order valence-electron chi connectivity index (χ2n) is 4.00. The topological polar surface area (TPSA) is 26.3 Å². The number of rotatable bonds is 6. The summed E-state index contributed by atoms with van der Waals surface area (Å²) in [6, 6.07) is 9.96. The van der Waals surface area contributed by atoms with Crippen molar-refractivity contribution >= 4 is 5.97 Å². The summed E-state index contributed by atoms with van der Waals surface area (Å²) in [6.45, 7) is 3.64. The van der Waals surface area contributed by atoms with Gasteiger partial charge in [0.25, 0.3) is 0 Å². The van der Waals surface area contributed by atoms with Crippen LogP contribution in [0.5, 0.6) is 0 Å². The molecule has 0 radical (unpaired) electrons. The van der Waals surface area contributed by atoms with E-state index >= 15 is 0 Å². The fourth-order valence-corrected chi connectivity index (χ4v) is 1.74. The van der Waals surface area contributed by atoms with E-state index in [1.165, 1.54) is 19.8 Å². The van der Waals surface area contributed by atoms with Crippen LogP contribution in [0.2, 0.25) is 0 Å². The molecule has 0 aliphatic rings. The highest BCUT2D eigenvalue weighted by Gasteiger charge is 2.13. The first-order valence-electron chi connectivity index (χ1n) is 5.96. The summed E-state index contributed by atoms with van der Waals surface area (Å²) in [4.78, 5) is 11.0. The average Bonchev–Trinajstić information content (AvgIpc) is 2.29. The number of carbonyl (C=O) groups is 1. The van der Waals surface area contributed by atoms with Gasteiger partial charge in [0.2, 0.25) is 0 Å². The largest absolute Gasteiger partial charge is 0.458 e. The highest BCUT2D eigenvalue weighted by molar-refractivity contribution is 5.66. The van der Waals surface area contributed by atoms with Gasteiger partial charge >= 0.3 is 5.97 Å². The molecule has 1 aromatic carbocycles. The maximum absolute atomic E-state index is 11.0. The zero-order valence-electron chi connectivity index (χ0n) is 10.1. The van der Waals surface area contributed by atoms with E-state index in [-0.39, 0.29) is 12.1 Å². The molecule has 0 saturated carbocycles. The van der Waals surface area contributed by atoms with Crippen molar-refractivity contribution in [3.8, 4) is 0 Å². The molecule has 2 heteroatoms. The van der Waals surface area contributed by atoms with Crippen molar-refractivity contribution in [1.82, 2.24) is 0 Å². The molecule has 0 fully saturated rings. The molecular formula is C14H20O2. The van der Waals surface area contributed by atoms with E-state index in [9.17, 15) is 4.79 Å². The minimum Gasteiger partial charge on any atom is -0.458 e. The lowest BCUT2D eigenvalue weighted by atomic mass is 10.0. The summed E-state index contributed by atoms with van der Waals surface area (Å²) < 4.78 is 5.34. The van der Waals surface area contributed by atoms with Crippen LogP contribution >= 0.6 is 0 Å². The molecule has 0 spiro atoms. The van der Waals surface area contributed by atoms with Crippen LogP contribution in [0.1, 0.15) is 51.2 Å². The third kappa shape index (κ3) is 4.47. The van der Waals surface area contributed by atoms with Crippen LogP contribution in [0.3, 0.4) is 0 Å². The molecule has 0 heterocycles. The van der Waals surface area contributed by atoms with Crippen LogP contribution in [0.4, 0.5) is 0 Å². The lowest BCUT2D eigenvalue weighted by Crippen LogP contribution is -2.08. The smallest absolute Gasteiger partial charge is 0.303 e. The van der Waals surface area contributed by atoms with Gasteiger partial charge in [-0.05, 0) is 18.4 Å². The predicted molar refractivity (Wildman–Crippen MR) is 65.1 cm³/mol. The first-order chi connectivity index (χ1) is 7.74. The van der Waals surface area contributed by atoms with Crippen molar-refractivity contribution in [3.05, 3.63) is 35.9 Å². The Bertz CT molecular complexity index is 306. The van der Waals surface area contributed by atoms with Gasteiger partial charge in [-0.15, -0.1) is 0 Å². The average molecular weight is 220 g/mol.